The summed E-state index contributed by atoms with van der Waals surface area (Å²) in [6.45, 7) is 1.18. The van der Waals surface area contributed by atoms with Gasteiger partial charge in [-0.05, 0) is 18.0 Å². The van der Waals surface area contributed by atoms with Crippen LogP contribution in [0.4, 0.5) is 0 Å². The van der Waals surface area contributed by atoms with Gasteiger partial charge < -0.3 is 9.66 Å². The van der Waals surface area contributed by atoms with Gasteiger partial charge in [-0.15, -0.1) is 0 Å². The van der Waals surface area contributed by atoms with Crippen LogP contribution in [0.3, 0.4) is 0 Å². The van der Waals surface area contributed by atoms with E-state index in [1.54, 1.807) is 0 Å². The standard InChI is InChI=1S/C2H6O3S.H2O4S/c1-2(3)6(4)5;1-5(2,3)4/h2-3H,1H3,(H,4,5);(H2,1,2,3,4)/p-1. The van der Waals surface area contributed by atoms with Crippen molar-refractivity contribution in [2.45, 2.75) is 12.4 Å². The van der Waals surface area contributed by atoms with Gasteiger partial charge >= 0.3 is 10.4 Å². The van der Waals surface area contributed by atoms with Crippen molar-refractivity contribution in [3.8, 4) is 0 Å². The first-order valence-corrected chi connectivity index (χ1v) is 4.64. The molecule has 2 unspecified atom stereocenters. The molecule has 70 valence electrons. The molecule has 2 atom stereocenters. The molecule has 0 radical (unpaired) electrons. The highest BCUT2D eigenvalue weighted by Gasteiger charge is 1.87. The van der Waals surface area contributed by atoms with Gasteiger partial charge in [0.1, 0.15) is 5.44 Å². The van der Waals surface area contributed by atoms with Crippen LogP contribution in [0.2, 0.25) is 0 Å². The predicted octanol–water partition coefficient (Wildman–Crippen LogP) is -1.45. The Morgan fingerprint density at radius 2 is 1.55 bits per heavy atom. The van der Waals surface area contributed by atoms with Gasteiger partial charge in [-0.25, -0.2) is 0 Å². The number of hydrogen-bond donors (Lipinski definition) is 3. The van der Waals surface area contributed by atoms with Gasteiger partial charge in [0.2, 0.25) is 0 Å². The SMILES string of the molecule is CC(O)S(=O)[O-].O=S(=O)(O)O. The summed E-state index contributed by atoms with van der Waals surface area (Å²) < 4.78 is 50.5. The summed E-state index contributed by atoms with van der Waals surface area (Å²) in [5.41, 5.74) is -1.23. The zero-order valence-corrected chi connectivity index (χ0v) is 7.00. The van der Waals surface area contributed by atoms with Gasteiger partial charge in [-0.3, -0.25) is 13.3 Å². The van der Waals surface area contributed by atoms with Gasteiger partial charge in [-0.1, -0.05) is 0 Å². The van der Waals surface area contributed by atoms with Crippen LogP contribution in [0.25, 0.3) is 0 Å². The van der Waals surface area contributed by atoms with Crippen LogP contribution < -0.4 is 0 Å². The Labute approximate surface area is 65.9 Å². The maximum Gasteiger partial charge on any atom is 0.394 e. The van der Waals surface area contributed by atoms with E-state index >= 15 is 0 Å². The van der Waals surface area contributed by atoms with E-state index < -0.39 is 26.9 Å². The number of aliphatic hydroxyl groups is 1. The smallest absolute Gasteiger partial charge is 0.394 e. The Bertz CT molecular complexity index is 194. The molecule has 11 heavy (non-hydrogen) atoms. The van der Waals surface area contributed by atoms with Crippen molar-refractivity contribution in [3.63, 3.8) is 0 Å². The highest BCUT2D eigenvalue weighted by atomic mass is 32.3. The van der Waals surface area contributed by atoms with Crippen molar-refractivity contribution in [1.82, 2.24) is 0 Å². The lowest BCUT2D eigenvalue weighted by molar-refractivity contribution is 0.263. The van der Waals surface area contributed by atoms with Crippen molar-refractivity contribution >= 4 is 21.5 Å². The van der Waals surface area contributed by atoms with E-state index in [2.05, 4.69) is 0 Å². The molecule has 0 spiro atoms. The summed E-state index contributed by atoms with van der Waals surface area (Å²) in [5.74, 6) is 0. The van der Waals surface area contributed by atoms with Crippen LogP contribution in [-0.2, 0) is 21.5 Å². The van der Waals surface area contributed by atoms with E-state index in [1.807, 2.05) is 0 Å². The zero-order chi connectivity index (χ0) is 9.65. The molecule has 0 aromatic heterocycles. The van der Waals surface area contributed by atoms with Gasteiger partial charge in [0.05, 0.1) is 0 Å². The average molecular weight is 207 g/mol. The maximum atomic E-state index is 9.45. The lowest BCUT2D eigenvalue weighted by atomic mass is 10.9. The molecule has 0 amide bonds. The molecule has 0 rings (SSSR count). The molecular weight excluding hydrogens is 200 g/mol. The molecule has 7 nitrogen and oxygen atoms in total. The minimum absolute atomic E-state index is 1.18. The van der Waals surface area contributed by atoms with Crippen molar-refractivity contribution in [2.75, 3.05) is 0 Å². The topological polar surface area (TPSA) is 135 Å². The Hall–Kier alpha value is -0.0600. The van der Waals surface area contributed by atoms with Crippen LogP contribution in [-0.4, -0.2) is 36.8 Å². The highest BCUT2D eigenvalue weighted by Crippen LogP contribution is 1.80. The molecule has 0 saturated heterocycles. The second-order valence-corrected chi connectivity index (χ2v) is 3.41. The number of hydrogen-bond acceptors (Lipinski definition) is 5. The second kappa shape index (κ2) is 5.57. The summed E-state index contributed by atoms with van der Waals surface area (Å²) in [6, 6.07) is 0. The van der Waals surface area contributed by atoms with Crippen LogP contribution in [0.1, 0.15) is 6.92 Å². The van der Waals surface area contributed by atoms with Crippen LogP contribution >= 0.6 is 0 Å². The van der Waals surface area contributed by atoms with E-state index in [9.17, 15) is 8.76 Å². The first-order valence-electron chi connectivity index (χ1n) is 2.10. The fraction of sp³-hybridized carbons (Fsp3) is 1.00. The monoisotopic (exact) mass is 207 g/mol. The molecule has 0 aromatic carbocycles. The van der Waals surface area contributed by atoms with Gasteiger partial charge in [0.15, 0.2) is 0 Å². The van der Waals surface area contributed by atoms with Crippen LogP contribution in [0.15, 0.2) is 0 Å². The Balaban J connectivity index is 0. The molecule has 0 aromatic rings. The van der Waals surface area contributed by atoms with E-state index in [0.29, 0.717) is 0 Å². The average Bonchev–Trinajstić information content (AvgIpc) is 1.59. The molecule has 9 heteroatoms. The number of aliphatic hydroxyl groups excluding tert-OH is 1. The third-order valence-corrected chi connectivity index (χ3v) is 0.836. The molecule has 3 N–H and O–H groups in total. The van der Waals surface area contributed by atoms with Gasteiger partial charge in [0, 0.05) is 0 Å². The summed E-state index contributed by atoms with van der Waals surface area (Å²) >= 11 is -2.31. The molecule has 0 bridgehead atoms. The molecule has 0 fully saturated rings. The van der Waals surface area contributed by atoms with Crippen molar-refractivity contribution in [3.05, 3.63) is 0 Å². The summed E-state index contributed by atoms with van der Waals surface area (Å²) in [5, 5.41) is 8.02. The molecule has 0 aliphatic rings. The fourth-order valence-electron chi connectivity index (χ4n) is 0. The molecule has 0 heterocycles. The third kappa shape index (κ3) is 40.4. The zero-order valence-electron chi connectivity index (χ0n) is 5.37. The molecular formula is C2H7O7S2-. The second-order valence-electron chi connectivity index (χ2n) is 1.31. The van der Waals surface area contributed by atoms with E-state index in [1.165, 1.54) is 6.92 Å². The predicted molar refractivity (Wildman–Crippen MR) is 34.8 cm³/mol. The van der Waals surface area contributed by atoms with Crippen LogP contribution in [0, 0.1) is 0 Å². The van der Waals surface area contributed by atoms with Crippen molar-refractivity contribution < 1.29 is 31.4 Å². The van der Waals surface area contributed by atoms with Crippen LogP contribution in [0.5, 0.6) is 0 Å². The molecule has 0 saturated carbocycles. The van der Waals surface area contributed by atoms with Gasteiger partial charge in [0.25, 0.3) is 0 Å². The summed E-state index contributed by atoms with van der Waals surface area (Å²) in [4.78, 5) is 0. The normalized spacial score (nSPS) is 16.1. The lowest BCUT2D eigenvalue weighted by Crippen LogP contribution is -2.06. The third-order valence-electron chi connectivity index (χ3n) is 0.279. The fourth-order valence-corrected chi connectivity index (χ4v) is 0. The summed E-state index contributed by atoms with van der Waals surface area (Å²) in [6.07, 6.45) is 0. The summed E-state index contributed by atoms with van der Waals surface area (Å²) in [7, 11) is -4.67. The lowest BCUT2D eigenvalue weighted by Gasteiger charge is -2.04. The minimum atomic E-state index is -4.67. The first kappa shape index (κ1) is 13.5. The molecule has 0 aliphatic carbocycles. The number of rotatable bonds is 1. The maximum absolute atomic E-state index is 9.45. The Kier molecular flexibility index (Phi) is 6.85. The minimum Gasteiger partial charge on any atom is -0.770 e. The Morgan fingerprint density at radius 1 is 1.45 bits per heavy atom. The van der Waals surface area contributed by atoms with E-state index in [4.69, 9.17) is 22.6 Å². The van der Waals surface area contributed by atoms with Crippen molar-refractivity contribution in [1.29, 1.82) is 0 Å². The van der Waals surface area contributed by atoms with Gasteiger partial charge in [-0.2, -0.15) is 8.42 Å². The Morgan fingerprint density at radius 3 is 1.55 bits per heavy atom. The largest absolute Gasteiger partial charge is 0.770 e. The van der Waals surface area contributed by atoms with E-state index in [-0.39, 0.29) is 0 Å². The van der Waals surface area contributed by atoms with E-state index in [0.717, 1.165) is 0 Å². The molecule has 0 aliphatic heterocycles. The quantitative estimate of drug-likeness (QED) is 0.353. The van der Waals surface area contributed by atoms with Crippen molar-refractivity contribution in [2.24, 2.45) is 0 Å². The highest BCUT2D eigenvalue weighted by molar-refractivity contribution is 7.80. The first-order chi connectivity index (χ1) is 4.64.